The van der Waals surface area contributed by atoms with Gasteiger partial charge >= 0.3 is 12.1 Å². The lowest BCUT2D eigenvalue weighted by molar-refractivity contribution is -0.187. The molecule has 10 heteroatoms. The largest absolute Gasteiger partial charge is 0.481 e. The molecule has 116 valence electrons. The third-order valence-electron chi connectivity index (χ3n) is 3.74. The first-order valence-electron chi connectivity index (χ1n) is 6.19. The number of rotatable bonds is 3. The van der Waals surface area contributed by atoms with Crippen molar-refractivity contribution in [3.8, 4) is 0 Å². The summed E-state index contributed by atoms with van der Waals surface area (Å²) >= 11 is 0. The van der Waals surface area contributed by atoms with Crippen LogP contribution in [0.1, 0.15) is 12.8 Å². The van der Waals surface area contributed by atoms with E-state index in [1.807, 2.05) is 0 Å². The zero-order valence-electron chi connectivity index (χ0n) is 10.5. The standard InChI is InChI=1S/C10H15F3N2O4S/c11-10(12,13)8-6-15(5-7(8)9(16)17)20(18,19)14-3-1-2-4-14/h7-8H,1-6H2,(H,16,17)/t7-,8-/m1/s1. The molecule has 2 rings (SSSR count). The van der Waals surface area contributed by atoms with E-state index in [9.17, 15) is 26.4 Å². The maximum absolute atomic E-state index is 12.8. The van der Waals surface area contributed by atoms with Gasteiger partial charge in [0.15, 0.2) is 0 Å². The second-order valence-corrected chi connectivity index (χ2v) is 6.95. The average molecular weight is 316 g/mol. The van der Waals surface area contributed by atoms with Crippen LogP contribution in [-0.4, -0.2) is 60.5 Å². The molecule has 0 amide bonds. The first-order chi connectivity index (χ1) is 9.14. The summed E-state index contributed by atoms with van der Waals surface area (Å²) < 4.78 is 64.5. The van der Waals surface area contributed by atoms with E-state index in [2.05, 4.69) is 0 Å². The molecular weight excluding hydrogens is 301 g/mol. The number of aliphatic carboxylic acids is 1. The maximum atomic E-state index is 12.8. The summed E-state index contributed by atoms with van der Waals surface area (Å²) in [5, 5.41) is 8.86. The minimum atomic E-state index is -4.72. The normalized spacial score (nSPS) is 29.9. The van der Waals surface area contributed by atoms with Gasteiger partial charge in [-0.15, -0.1) is 0 Å². The predicted molar refractivity (Wildman–Crippen MR) is 62.0 cm³/mol. The smallest absolute Gasteiger partial charge is 0.393 e. The van der Waals surface area contributed by atoms with E-state index in [0.29, 0.717) is 17.1 Å². The highest BCUT2D eigenvalue weighted by molar-refractivity contribution is 7.86. The SMILES string of the molecule is O=C(O)[C@@H]1CN(S(=O)(=O)N2CCCC2)C[C@H]1C(F)(F)F. The Morgan fingerprint density at radius 3 is 2.05 bits per heavy atom. The second-order valence-electron chi connectivity index (χ2n) is 5.02. The molecule has 2 heterocycles. The van der Waals surface area contributed by atoms with Crippen LogP contribution in [0.5, 0.6) is 0 Å². The minimum absolute atomic E-state index is 0.271. The molecule has 0 aromatic carbocycles. The lowest BCUT2D eigenvalue weighted by Gasteiger charge is -2.23. The van der Waals surface area contributed by atoms with Gasteiger partial charge in [0.1, 0.15) is 0 Å². The fraction of sp³-hybridized carbons (Fsp3) is 0.900. The van der Waals surface area contributed by atoms with Crippen molar-refractivity contribution in [1.82, 2.24) is 8.61 Å². The Labute approximate surface area is 114 Å². The summed E-state index contributed by atoms with van der Waals surface area (Å²) in [6.45, 7) is -0.905. The summed E-state index contributed by atoms with van der Waals surface area (Å²) in [7, 11) is -3.99. The van der Waals surface area contributed by atoms with E-state index < -0.39 is 47.3 Å². The zero-order chi connectivity index (χ0) is 15.1. The topological polar surface area (TPSA) is 77.9 Å². The van der Waals surface area contributed by atoms with Gasteiger partial charge in [0.2, 0.25) is 0 Å². The van der Waals surface area contributed by atoms with Gasteiger partial charge < -0.3 is 5.11 Å². The predicted octanol–water partition coefficient (Wildman–Crippen LogP) is 0.522. The molecule has 0 aliphatic carbocycles. The Hall–Kier alpha value is -0.870. The van der Waals surface area contributed by atoms with Crippen molar-refractivity contribution in [2.45, 2.75) is 19.0 Å². The molecule has 2 atom stereocenters. The van der Waals surface area contributed by atoms with Crippen LogP contribution in [0.3, 0.4) is 0 Å². The molecule has 0 bridgehead atoms. The molecule has 0 aromatic rings. The highest BCUT2D eigenvalue weighted by atomic mass is 32.2. The number of halogens is 3. The molecule has 2 fully saturated rings. The van der Waals surface area contributed by atoms with Crippen molar-refractivity contribution in [3.63, 3.8) is 0 Å². The second kappa shape index (κ2) is 5.15. The summed E-state index contributed by atoms with van der Waals surface area (Å²) in [6.07, 6.45) is -3.39. The van der Waals surface area contributed by atoms with E-state index in [4.69, 9.17) is 5.11 Å². The van der Waals surface area contributed by atoms with E-state index >= 15 is 0 Å². The quantitative estimate of drug-likeness (QED) is 0.823. The number of hydrogen-bond donors (Lipinski definition) is 1. The highest BCUT2D eigenvalue weighted by Crippen LogP contribution is 2.39. The number of nitrogens with zero attached hydrogens (tertiary/aromatic N) is 2. The van der Waals surface area contributed by atoms with Crippen LogP contribution in [0.2, 0.25) is 0 Å². The highest BCUT2D eigenvalue weighted by Gasteiger charge is 2.55. The fourth-order valence-corrected chi connectivity index (χ4v) is 4.36. The molecule has 0 radical (unpaired) electrons. The average Bonchev–Trinajstić information content (AvgIpc) is 2.98. The van der Waals surface area contributed by atoms with Crippen molar-refractivity contribution in [2.24, 2.45) is 11.8 Å². The van der Waals surface area contributed by atoms with Crippen molar-refractivity contribution in [3.05, 3.63) is 0 Å². The van der Waals surface area contributed by atoms with Gasteiger partial charge in [-0.2, -0.15) is 30.2 Å². The number of carboxylic acids is 1. The molecule has 6 nitrogen and oxygen atoms in total. The van der Waals surface area contributed by atoms with Crippen LogP contribution in [-0.2, 0) is 15.0 Å². The number of hydrogen-bond acceptors (Lipinski definition) is 3. The van der Waals surface area contributed by atoms with Crippen LogP contribution in [0, 0.1) is 11.8 Å². The molecule has 2 saturated heterocycles. The summed E-state index contributed by atoms with van der Waals surface area (Å²) in [5.74, 6) is -5.52. The Morgan fingerprint density at radius 2 is 1.65 bits per heavy atom. The number of alkyl halides is 3. The molecule has 2 aliphatic heterocycles. The van der Waals surface area contributed by atoms with E-state index in [0.717, 1.165) is 4.31 Å². The lowest BCUT2D eigenvalue weighted by atomic mass is 9.96. The van der Waals surface area contributed by atoms with Crippen molar-refractivity contribution < 1.29 is 31.5 Å². The van der Waals surface area contributed by atoms with Gasteiger partial charge in [0, 0.05) is 26.2 Å². The molecule has 1 N–H and O–H groups in total. The molecule has 0 saturated carbocycles. The van der Waals surface area contributed by atoms with Gasteiger partial charge in [-0.3, -0.25) is 4.79 Å². The van der Waals surface area contributed by atoms with Gasteiger partial charge in [0.25, 0.3) is 10.2 Å². The summed E-state index contributed by atoms with van der Waals surface area (Å²) in [4.78, 5) is 10.9. The maximum Gasteiger partial charge on any atom is 0.393 e. The van der Waals surface area contributed by atoms with Gasteiger partial charge in [-0.05, 0) is 12.8 Å². The van der Waals surface area contributed by atoms with Crippen LogP contribution < -0.4 is 0 Å². The van der Waals surface area contributed by atoms with Crippen molar-refractivity contribution >= 4 is 16.2 Å². The van der Waals surface area contributed by atoms with E-state index in [-0.39, 0.29) is 13.1 Å². The Kier molecular flexibility index (Phi) is 4.00. The van der Waals surface area contributed by atoms with Gasteiger partial charge in [-0.1, -0.05) is 0 Å². The number of carboxylic acid groups (broad SMARTS) is 1. The fourth-order valence-electron chi connectivity index (χ4n) is 2.62. The molecule has 2 aliphatic rings. The molecular formula is C10H15F3N2O4S. The van der Waals surface area contributed by atoms with Crippen LogP contribution in [0.15, 0.2) is 0 Å². The van der Waals surface area contributed by atoms with E-state index in [1.54, 1.807) is 0 Å². The van der Waals surface area contributed by atoms with Crippen molar-refractivity contribution in [2.75, 3.05) is 26.2 Å². The monoisotopic (exact) mass is 316 g/mol. The third-order valence-corrected chi connectivity index (χ3v) is 5.71. The Bertz CT molecular complexity index is 487. The Balaban J connectivity index is 2.21. The molecule has 0 spiro atoms. The number of carbonyl (C=O) groups is 1. The minimum Gasteiger partial charge on any atom is -0.481 e. The van der Waals surface area contributed by atoms with Crippen LogP contribution >= 0.6 is 0 Å². The van der Waals surface area contributed by atoms with Crippen LogP contribution in [0.4, 0.5) is 13.2 Å². The lowest BCUT2D eigenvalue weighted by Crippen LogP contribution is -2.42. The summed E-state index contributed by atoms with van der Waals surface area (Å²) in [6, 6.07) is 0. The van der Waals surface area contributed by atoms with Gasteiger partial charge in [-0.25, -0.2) is 0 Å². The van der Waals surface area contributed by atoms with Crippen molar-refractivity contribution in [1.29, 1.82) is 0 Å². The molecule has 20 heavy (non-hydrogen) atoms. The van der Waals surface area contributed by atoms with Gasteiger partial charge in [0.05, 0.1) is 11.8 Å². The zero-order valence-corrected chi connectivity index (χ0v) is 11.3. The van der Waals surface area contributed by atoms with E-state index in [1.165, 1.54) is 0 Å². The molecule has 0 aromatic heterocycles. The van der Waals surface area contributed by atoms with Crippen LogP contribution in [0.25, 0.3) is 0 Å². The first-order valence-corrected chi connectivity index (χ1v) is 7.58. The first kappa shape index (κ1) is 15.5. The summed E-state index contributed by atoms with van der Waals surface area (Å²) in [5.41, 5.74) is 0. The molecule has 0 unspecified atom stereocenters. The third kappa shape index (κ3) is 2.77. The Morgan fingerprint density at radius 1 is 1.10 bits per heavy atom.